The normalized spacial score (nSPS) is 18.5. The highest BCUT2D eigenvalue weighted by atomic mass is 16.4. The molecule has 418 valence electrons. The van der Waals surface area contributed by atoms with E-state index in [-0.39, 0.29) is 75.8 Å². The molecule has 3 rings (SSSR count). The molecule has 75 heavy (non-hydrogen) atoms. The van der Waals surface area contributed by atoms with Crippen molar-refractivity contribution in [3.8, 4) is 5.75 Å². The number of unbranched alkanes of at least 4 members (excludes halogenated alkanes) is 1. The Balaban J connectivity index is 1.80. The van der Waals surface area contributed by atoms with Gasteiger partial charge in [-0.3, -0.25) is 48.1 Å². The minimum atomic E-state index is -1.82. The second-order valence-electron chi connectivity index (χ2n) is 19.4. The number of phenols is 1. The molecular formula is C48H77N13O14. The van der Waals surface area contributed by atoms with Crippen LogP contribution < -0.4 is 54.8 Å². The van der Waals surface area contributed by atoms with Crippen LogP contribution in [-0.4, -0.2) is 182 Å². The van der Waals surface area contributed by atoms with Crippen molar-refractivity contribution in [2.24, 2.45) is 33.8 Å². The number of nitrogens with zero attached hydrogens (tertiary/aromatic N) is 3. The summed E-state index contributed by atoms with van der Waals surface area (Å²) >= 11 is 0. The van der Waals surface area contributed by atoms with Crippen molar-refractivity contribution in [3.05, 3.63) is 29.8 Å². The van der Waals surface area contributed by atoms with Crippen molar-refractivity contribution in [2.75, 3.05) is 26.2 Å². The van der Waals surface area contributed by atoms with E-state index in [2.05, 4.69) is 36.9 Å². The predicted octanol–water partition coefficient (Wildman–Crippen LogP) is -3.66. The Hall–Kier alpha value is -7.13. The molecule has 0 bridgehead atoms. The molecule has 2 saturated heterocycles. The van der Waals surface area contributed by atoms with Crippen LogP contribution >= 0.6 is 0 Å². The van der Waals surface area contributed by atoms with Crippen LogP contribution in [0.1, 0.15) is 104 Å². The number of aliphatic hydroxyl groups excluding tert-OH is 1. The monoisotopic (exact) mass is 1060 g/mol. The molecule has 18 N–H and O–H groups in total. The number of phenolic OH excluding ortho intramolecular Hbond substituents is 1. The zero-order chi connectivity index (χ0) is 56.1. The number of carboxylic acids is 2. The number of likely N-dealkylation sites (tertiary alicyclic amines) is 2. The number of aliphatic carboxylic acids is 2. The number of guanidine groups is 1. The number of carboxylic acid groups (broad SMARTS) is 2. The molecule has 8 amide bonds. The van der Waals surface area contributed by atoms with Crippen molar-refractivity contribution < 1.29 is 68.4 Å². The first-order chi connectivity index (χ1) is 35.3. The number of hydrogen-bond acceptors (Lipinski definition) is 15. The van der Waals surface area contributed by atoms with Gasteiger partial charge in [0.05, 0.1) is 18.6 Å². The number of aromatic hydroxyl groups is 1. The van der Waals surface area contributed by atoms with Crippen LogP contribution in [0.2, 0.25) is 0 Å². The summed E-state index contributed by atoms with van der Waals surface area (Å²) in [5.74, 6) is -9.91. The maximum atomic E-state index is 14.5. The van der Waals surface area contributed by atoms with E-state index in [1.54, 1.807) is 0 Å². The van der Waals surface area contributed by atoms with E-state index in [0.717, 1.165) is 0 Å². The topological polar surface area (TPSA) is 447 Å². The summed E-state index contributed by atoms with van der Waals surface area (Å²) in [4.78, 5) is 141. The van der Waals surface area contributed by atoms with E-state index >= 15 is 0 Å². The Morgan fingerprint density at radius 1 is 0.693 bits per heavy atom. The summed E-state index contributed by atoms with van der Waals surface area (Å²) in [6.07, 6.45) is 0.0927. The molecule has 1 aromatic rings. The lowest BCUT2D eigenvalue weighted by molar-refractivity contribution is -0.148. The number of aliphatic imine (C=N–C) groups is 1. The van der Waals surface area contributed by atoms with Crippen molar-refractivity contribution in [2.45, 2.75) is 165 Å². The van der Waals surface area contributed by atoms with Gasteiger partial charge < -0.3 is 85.1 Å². The SMILES string of the molecule is CC(C)C[C@H](NC(=O)[C@H](C)NC(=O)[C@@H](NC(=O)[C@@H](N)CCCCN)[C@@H](C)O)C(=O)N1CCC[C@H]1C(=O)N1CCC[C@H]1C(=O)N[C@@H](Cc1ccc(O)cc1)C(=O)N[C@@H](CC(=O)O)C(=O)N[C@@H](CCCN=C(N)N)C(=O)O. The Morgan fingerprint density at radius 2 is 1.29 bits per heavy atom. The summed E-state index contributed by atoms with van der Waals surface area (Å²) in [6.45, 7) is 6.94. The number of carbonyl (C=O) groups excluding carboxylic acids is 8. The van der Waals surface area contributed by atoms with E-state index in [1.165, 1.54) is 47.9 Å². The molecule has 0 spiro atoms. The number of nitrogens with two attached hydrogens (primary N) is 4. The molecule has 2 aliphatic heterocycles. The average molecular weight is 1060 g/mol. The number of rotatable bonds is 30. The summed E-state index contributed by atoms with van der Waals surface area (Å²) in [7, 11) is 0. The standard InChI is InChI=1S/C48H77N13O14/c1-25(2)22-34(58-39(66)26(3)54-44(71)38(27(4)62)59-40(67)30(50)10-5-6-18-49)45(72)61-21-9-13-36(61)46(73)60-20-8-12-35(60)43(70)57-32(23-28-14-16-29(63)17-15-28)41(68)56-33(24-37(64)65)42(69)55-31(47(74)75)11-7-19-53-48(51)52/h14-17,25-27,30-36,38,62-63H,5-13,18-24,49-50H2,1-4H3,(H,54,71)(H,55,69)(H,56,68)(H,57,70)(H,58,66)(H,59,67)(H,64,65)(H,74,75)(H4,51,52,53)/t26-,27+,30-,31-,32-,33-,34-,35-,36-,38-/m0/s1. The quantitative estimate of drug-likeness (QED) is 0.0201. The number of amides is 8. The molecule has 2 heterocycles. The van der Waals surface area contributed by atoms with Gasteiger partial charge in [-0.05, 0) is 102 Å². The summed E-state index contributed by atoms with van der Waals surface area (Å²) < 4.78 is 0. The fourth-order valence-corrected chi connectivity index (χ4v) is 8.68. The smallest absolute Gasteiger partial charge is 0.326 e. The minimum absolute atomic E-state index is 0.0332. The predicted molar refractivity (Wildman–Crippen MR) is 270 cm³/mol. The van der Waals surface area contributed by atoms with Crippen molar-refractivity contribution in [1.29, 1.82) is 0 Å². The molecule has 27 heteroatoms. The van der Waals surface area contributed by atoms with Crippen LogP contribution in [0.3, 0.4) is 0 Å². The number of nitrogens with one attached hydrogen (secondary N) is 6. The minimum Gasteiger partial charge on any atom is -0.508 e. The average Bonchev–Trinajstić information content (AvgIpc) is 4.04. The molecule has 2 fully saturated rings. The van der Waals surface area contributed by atoms with Crippen molar-refractivity contribution >= 4 is 65.2 Å². The lowest BCUT2D eigenvalue weighted by atomic mass is 10.0. The lowest BCUT2D eigenvalue weighted by Gasteiger charge is -2.34. The maximum absolute atomic E-state index is 14.5. The Bertz CT molecular complexity index is 2190. The fourth-order valence-electron chi connectivity index (χ4n) is 8.68. The number of hydrogen-bond donors (Lipinski definition) is 14. The van der Waals surface area contributed by atoms with Gasteiger partial charge in [-0.1, -0.05) is 32.4 Å². The first-order valence-electron chi connectivity index (χ1n) is 25.2. The summed E-state index contributed by atoms with van der Waals surface area (Å²) in [5.41, 5.74) is 22.5. The van der Waals surface area contributed by atoms with Gasteiger partial charge in [-0.25, -0.2) is 4.79 Å². The molecule has 1 aromatic carbocycles. The Kier molecular flexibility index (Phi) is 25.1. The van der Waals surface area contributed by atoms with E-state index < -0.39 is 126 Å². The lowest BCUT2D eigenvalue weighted by Crippen LogP contribution is -2.60. The molecule has 0 aliphatic carbocycles. The van der Waals surface area contributed by atoms with Crippen LogP contribution in [0.4, 0.5) is 0 Å². The van der Waals surface area contributed by atoms with E-state index in [0.29, 0.717) is 44.2 Å². The molecule has 0 unspecified atom stereocenters. The van der Waals surface area contributed by atoms with Crippen LogP contribution in [0, 0.1) is 5.92 Å². The van der Waals surface area contributed by atoms with Gasteiger partial charge in [-0.15, -0.1) is 0 Å². The van der Waals surface area contributed by atoms with E-state index in [1.807, 2.05) is 13.8 Å². The zero-order valence-corrected chi connectivity index (χ0v) is 43.0. The highest BCUT2D eigenvalue weighted by Gasteiger charge is 2.45. The number of carbonyl (C=O) groups is 10. The largest absolute Gasteiger partial charge is 0.508 e. The Morgan fingerprint density at radius 3 is 1.88 bits per heavy atom. The van der Waals surface area contributed by atoms with Crippen LogP contribution in [-0.2, 0) is 54.4 Å². The third-order valence-electron chi connectivity index (χ3n) is 12.7. The Labute approximate surface area is 435 Å². The van der Waals surface area contributed by atoms with Crippen LogP contribution in [0.5, 0.6) is 5.75 Å². The molecule has 0 aromatic heterocycles. The highest BCUT2D eigenvalue weighted by molar-refractivity contribution is 5.99. The van der Waals surface area contributed by atoms with Crippen molar-refractivity contribution in [3.63, 3.8) is 0 Å². The maximum Gasteiger partial charge on any atom is 0.326 e. The molecule has 10 atom stereocenters. The highest BCUT2D eigenvalue weighted by Crippen LogP contribution is 2.27. The fraction of sp³-hybridized carbons (Fsp3) is 0.646. The second kappa shape index (κ2) is 30.3. The molecule has 2 aliphatic rings. The summed E-state index contributed by atoms with van der Waals surface area (Å²) in [6, 6.07) is -6.35. The van der Waals surface area contributed by atoms with Crippen molar-refractivity contribution in [1.82, 2.24) is 41.7 Å². The number of benzene rings is 1. The van der Waals surface area contributed by atoms with Crippen LogP contribution in [0.25, 0.3) is 0 Å². The third-order valence-corrected chi connectivity index (χ3v) is 12.7. The third kappa shape index (κ3) is 19.9. The molecule has 27 nitrogen and oxygen atoms in total. The second-order valence-corrected chi connectivity index (χ2v) is 19.4. The van der Waals surface area contributed by atoms with Gasteiger partial charge in [0.25, 0.3) is 0 Å². The number of aliphatic hydroxyl groups is 1. The molecular weight excluding hydrogens is 983 g/mol. The first-order valence-corrected chi connectivity index (χ1v) is 25.2. The van der Waals surface area contributed by atoms with E-state index in [9.17, 15) is 68.4 Å². The molecule has 0 saturated carbocycles. The van der Waals surface area contributed by atoms with E-state index in [4.69, 9.17) is 22.9 Å². The first kappa shape index (κ1) is 62.2. The zero-order valence-electron chi connectivity index (χ0n) is 43.0. The van der Waals surface area contributed by atoms with Gasteiger partial charge in [-0.2, -0.15) is 0 Å². The van der Waals surface area contributed by atoms with Gasteiger partial charge in [0, 0.05) is 26.1 Å². The van der Waals surface area contributed by atoms with Crippen LogP contribution in [0.15, 0.2) is 29.3 Å². The summed E-state index contributed by atoms with van der Waals surface area (Å²) in [5, 5.41) is 54.5. The molecule has 0 radical (unpaired) electrons. The van der Waals surface area contributed by atoms with Gasteiger partial charge >= 0.3 is 11.9 Å². The van der Waals surface area contributed by atoms with Gasteiger partial charge in [0.1, 0.15) is 54.1 Å². The van der Waals surface area contributed by atoms with Gasteiger partial charge in [0.2, 0.25) is 47.3 Å². The van der Waals surface area contributed by atoms with Gasteiger partial charge in [0.15, 0.2) is 5.96 Å².